The van der Waals surface area contributed by atoms with Gasteiger partial charge in [0.15, 0.2) is 0 Å². The summed E-state index contributed by atoms with van der Waals surface area (Å²) in [4.78, 5) is 12.7. The van der Waals surface area contributed by atoms with Crippen LogP contribution < -0.4 is 5.32 Å². The van der Waals surface area contributed by atoms with E-state index in [1.54, 1.807) is 6.33 Å². The molecule has 0 fully saturated rings. The van der Waals surface area contributed by atoms with E-state index in [2.05, 4.69) is 24.8 Å². The molecule has 5 heteroatoms. The Bertz CT molecular complexity index is 521. The van der Waals surface area contributed by atoms with Crippen molar-refractivity contribution in [1.29, 1.82) is 0 Å². The van der Waals surface area contributed by atoms with Crippen molar-refractivity contribution in [3.8, 4) is 0 Å². The second-order valence-electron chi connectivity index (χ2n) is 4.94. The van der Waals surface area contributed by atoms with Crippen LogP contribution in [0.3, 0.4) is 0 Å². The molecule has 0 saturated heterocycles. The summed E-state index contributed by atoms with van der Waals surface area (Å²) >= 11 is 0. The predicted octanol–water partition coefficient (Wildman–Crippen LogP) is 2.05. The number of unbranched alkanes of at least 4 members (excludes halogenated alkanes) is 1. The van der Waals surface area contributed by atoms with Crippen LogP contribution in [0.1, 0.15) is 30.5 Å². The first-order valence-electron chi connectivity index (χ1n) is 6.96. The SMILES string of the molecule is c1cn(CCCCNc2ncnc3c2CCC3)cn1. The van der Waals surface area contributed by atoms with Gasteiger partial charge in [0.25, 0.3) is 0 Å². The summed E-state index contributed by atoms with van der Waals surface area (Å²) in [6, 6.07) is 0. The molecule has 0 saturated carbocycles. The van der Waals surface area contributed by atoms with Gasteiger partial charge in [0.1, 0.15) is 12.1 Å². The minimum Gasteiger partial charge on any atom is -0.370 e. The molecule has 0 spiro atoms. The number of anilines is 1. The van der Waals surface area contributed by atoms with Gasteiger partial charge < -0.3 is 9.88 Å². The van der Waals surface area contributed by atoms with E-state index in [1.165, 1.54) is 17.7 Å². The third-order valence-corrected chi connectivity index (χ3v) is 3.57. The number of hydrogen-bond donors (Lipinski definition) is 1. The van der Waals surface area contributed by atoms with Crippen molar-refractivity contribution in [2.45, 2.75) is 38.6 Å². The van der Waals surface area contributed by atoms with Gasteiger partial charge in [0.2, 0.25) is 0 Å². The van der Waals surface area contributed by atoms with Crippen LogP contribution in [0.5, 0.6) is 0 Å². The van der Waals surface area contributed by atoms with Crippen LogP contribution in [0.2, 0.25) is 0 Å². The quantitative estimate of drug-likeness (QED) is 0.805. The third-order valence-electron chi connectivity index (χ3n) is 3.57. The van der Waals surface area contributed by atoms with Gasteiger partial charge in [-0.05, 0) is 32.1 Å². The second kappa shape index (κ2) is 5.82. The third kappa shape index (κ3) is 2.92. The lowest BCUT2D eigenvalue weighted by Crippen LogP contribution is -2.08. The second-order valence-corrected chi connectivity index (χ2v) is 4.94. The molecule has 0 aliphatic heterocycles. The van der Waals surface area contributed by atoms with E-state index in [9.17, 15) is 0 Å². The van der Waals surface area contributed by atoms with Gasteiger partial charge >= 0.3 is 0 Å². The van der Waals surface area contributed by atoms with Crippen LogP contribution >= 0.6 is 0 Å². The highest BCUT2D eigenvalue weighted by Crippen LogP contribution is 2.24. The summed E-state index contributed by atoms with van der Waals surface area (Å²) in [5.41, 5.74) is 2.56. The highest BCUT2D eigenvalue weighted by Gasteiger charge is 2.16. The fraction of sp³-hybridized carbons (Fsp3) is 0.500. The Hall–Kier alpha value is -1.91. The van der Waals surface area contributed by atoms with E-state index in [-0.39, 0.29) is 0 Å². The summed E-state index contributed by atoms with van der Waals surface area (Å²) in [6.07, 6.45) is 13.1. The molecule has 2 heterocycles. The molecule has 0 aromatic carbocycles. The maximum absolute atomic E-state index is 4.36. The number of imidazole rings is 1. The lowest BCUT2D eigenvalue weighted by molar-refractivity contribution is 0.620. The highest BCUT2D eigenvalue weighted by atomic mass is 15.0. The molecule has 0 radical (unpaired) electrons. The lowest BCUT2D eigenvalue weighted by Gasteiger charge is -2.09. The molecule has 1 N–H and O–H groups in total. The molecular formula is C14H19N5. The predicted molar refractivity (Wildman–Crippen MR) is 74.0 cm³/mol. The number of rotatable bonds is 6. The Morgan fingerprint density at radius 2 is 2.21 bits per heavy atom. The number of fused-ring (bicyclic) bond motifs is 1. The first kappa shape index (κ1) is 12.1. The minimum absolute atomic E-state index is 0.970. The number of nitrogens with one attached hydrogen (secondary N) is 1. The van der Waals surface area contributed by atoms with Crippen molar-refractivity contribution in [3.05, 3.63) is 36.3 Å². The van der Waals surface area contributed by atoms with Crippen LogP contribution in [0, 0.1) is 0 Å². The van der Waals surface area contributed by atoms with E-state index in [0.29, 0.717) is 0 Å². The molecule has 0 unspecified atom stereocenters. The van der Waals surface area contributed by atoms with Crippen molar-refractivity contribution < 1.29 is 0 Å². The summed E-state index contributed by atoms with van der Waals surface area (Å²) in [7, 11) is 0. The first-order valence-corrected chi connectivity index (χ1v) is 6.96. The molecule has 0 bridgehead atoms. The zero-order valence-corrected chi connectivity index (χ0v) is 11.0. The highest BCUT2D eigenvalue weighted by molar-refractivity contribution is 5.47. The van der Waals surface area contributed by atoms with Gasteiger partial charge in [-0.3, -0.25) is 0 Å². The van der Waals surface area contributed by atoms with E-state index < -0.39 is 0 Å². The Labute approximate surface area is 113 Å². The number of aromatic nitrogens is 4. The fourth-order valence-electron chi connectivity index (χ4n) is 2.56. The number of hydrogen-bond acceptors (Lipinski definition) is 4. The van der Waals surface area contributed by atoms with Crippen molar-refractivity contribution in [2.75, 3.05) is 11.9 Å². The molecule has 1 aliphatic carbocycles. The van der Waals surface area contributed by atoms with Gasteiger partial charge in [0.05, 0.1) is 6.33 Å². The van der Waals surface area contributed by atoms with E-state index in [0.717, 1.165) is 44.6 Å². The number of nitrogens with zero attached hydrogens (tertiary/aromatic N) is 4. The molecule has 100 valence electrons. The molecule has 19 heavy (non-hydrogen) atoms. The zero-order chi connectivity index (χ0) is 12.9. The van der Waals surface area contributed by atoms with E-state index >= 15 is 0 Å². The standard InChI is InChI=1S/C14H19N5/c1(2-8-19-9-7-15-11-19)6-16-14-12-4-3-5-13(12)17-10-18-14/h7,9-11H,1-6,8H2,(H,16,17,18). The summed E-state index contributed by atoms with van der Waals surface area (Å²) < 4.78 is 2.11. The fourth-order valence-corrected chi connectivity index (χ4v) is 2.56. The van der Waals surface area contributed by atoms with Crippen LogP contribution in [-0.4, -0.2) is 26.1 Å². The molecule has 2 aromatic heterocycles. The monoisotopic (exact) mass is 257 g/mol. The number of aryl methyl sites for hydroxylation is 2. The molecule has 0 amide bonds. The van der Waals surface area contributed by atoms with Crippen molar-refractivity contribution in [3.63, 3.8) is 0 Å². The molecular weight excluding hydrogens is 238 g/mol. The topological polar surface area (TPSA) is 55.6 Å². The zero-order valence-electron chi connectivity index (χ0n) is 11.0. The first-order chi connectivity index (χ1) is 9.43. The van der Waals surface area contributed by atoms with Crippen molar-refractivity contribution >= 4 is 5.82 Å². The van der Waals surface area contributed by atoms with Crippen molar-refractivity contribution in [2.24, 2.45) is 0 Å². The van der Waals surface area contributed by atoms with Gasteiger partial charge in [0, 0.05) is 36.7 Å². The summed E-state index contributed by atoms with van der Waals surface area (Å²) in [6.45, 7) is 2.00. The van der Waals surface area contributed by atoms with Crippen molar-refractivity contribution in [1.82, 2.24) is 19.5 Å². The Balaban J connectivity index is 1.44. The van der Waals surface area contributed by atoms with Gasteiger partial charge in [-0.2, -0.15) is 0 Å². The maximum atomic E-state index is 4.36. The molecule has 1 aliphatic rings. The van der Waals surface area contributed by atoms with Crippen LogP contribution in [0.25, 0.3) is 0 Å². The summed E-state index contributed by atoms with van der Waals surface area (Å²) in [5.74, 6) is 1.05. The smallest absolute Gasteiger partial charge is 0.132 e. The molecule has 3 rings (SSSR count). The summed E-state index contributed by atoms with van der Waals surface area (Å²) in [5, 5.41) is 3.45. The van der Waals surface area contributed by atoms with Crippen LogP contribution in [0.4, 0.5) is 5.82 Å². The van der Waals surface area contributed by atoms with Gasteiger partial charge in [-0.15, -0.1) is 0 Å². The largest absolute Gasteiger partial charge is 0.370 e. The van der Waals surface area contributed by atoms with Crippen LogP contribution in [0.15, 0.2) is 25.0 Å². The van der Waals surface area contributed by atoms with Gasteiger partial charge in [-0.25, -0.2) is 15.0 Å². The van der Waals surface area contributed by atoms with E-state index in [4.69, 9.17) is 0 Å². The Kier molecular flexibility index (Phi) is 3.72. The average molecular weight is 257 g/mol. The maximum Gasteiger partial charge on any atom is 0.132 e. The molecule has 5 nitrogen and oxygen atoms in total. The molecule has 0 atom stereocenters. The average Bonchev–Trinajstić information content (AvgIpc) is 3.09. The van der Waals surface area contributed by atoms with Gasteiger partial charge in [-0.1, -0.05) is 0 Å². The minimum atomic E-state index is 0.970. The Morgan fingerprint density at radius 1 is 1.21 bits per heavy atom. The Morgan fingerprint density at radius 3 is 3.11 bits per heavy atom. The van der Waals surface area contributed by atoms with E-state index in [1.807, 2.05) is 18.7 Å². The normalized spacial score (nSPS) is 13.5. The van der Waals surface area contributed by atoms with Crippen LogP contribution in [-0.2, 0) is 19.4 Å². The molecule has 2 aromatic rings. The lowest BCUT2D eigenvalue weighted by atomic mass is 10.2.